The van der Waals surface area contributed by atoms with Crippen LogP contribution in [-0.2, 0) is 4.79 Å². The van der Waals surface area contributed by atoms with E-state index in [0.717, 1.165) is 24.5 Å². The number of furan rings is 1. The fourth-order valence-corrected chi connectivity index (χ4v) is 4.55. The van der Waals surface area contributed by atoms with E-state index in [2.05, 4.69) is 9.88 Å². The third-order valence-corrected chi connectivity index (χ3v) is 6.45. The van der Waals surface area contributed by atoms with Crippen LogP contribution in [0.15, 0.2) is 65.4 Å². The lowest BCUT2D eigenvalue weighted by atomic mass is 9.94. The summed E-state index contributed by atoms with van der Waals surface area (Å²) in [6.07, 6.45) is 4.68. The number of carbonyl (C=O) groups is 2. The van der Waals surface area contributed by atoms with Gasteiger partial charge in [0.15, 0.2) is 11.6 Å². The quantitative estimate of drug-likeness (QED) is 0.614. The predicted molar refractivity (Wildman–Crippen MR) is 124 cm³/mol. The minimum absolute atomic E-state index is 0.0269. The first-order chi connectivity index (χ1) is 16.2. The molecule has 0 radical (unpaired) electrons. The van der Waals surface area contributed by atoms with Crippen LogP contribution >= 0.6 is 0 Å². The molecular formula is C25H27N5O3. The molecule has 2 fully saturated rings. The van der Waals surface area contributed by atoms with Crippen molar-refractivity contribution in [2.45, 2.75) is 12.8 Å². The number of carbonyl (C=O) groups excluding carboxylic acids is 2. The number of hydrogen-bond acceptors (Lipinski definition) is 6. The Kier molecular flexibility index (Phi) is 6.06. The zero-order valence-corrected chi connectivity index (χ0v) is 18.5. The van der Waals surface area contributed by atoms with Crippen LogP contribution in [0, 0.1) is 5.92 Å². The van der Waals surface area contributed by atoms with Gasteiger partial charge in [0.25, 0.3) is 5.91 Å². The van der Waals surface area contributed by atoms with Gasteiger partial charge < -0.3 is 19.1 Å². The smallest absolute Gasteiger partial charge is 0.289 e. The summed E-state index contributed by atoms with van der Waals surface area (Å²) in [5.74, 6) is 2.03. The fraction of sp³-hybridized carbons (Fsp3) is 0.360. The first-order valence-electron chi connectivity index (χ1n) is 11.4. The molecule has 170 valence electrons. The van der Waals surface area contributed by atoms with E-state index in [-0.39, 0.29) is 17.7 Å². The van der Waals surface area contributed by atoms with Crippen molar-refractivity contribution in [3.63, 3.8) is 0 Å². The fourth-order valence-electron chi connectivity index (χ4n) is 4.55. The summed E-state index contributed by atoms with van der Waals surface area (Å²) in [7, 11) is 0. The zero-order valence-electron chi connectivity index (χ0n) is 18.5. The first-order valence-corrected chi connectivity index (χ1v) is 11.4. The van der Waals surface area contributed by atoms with Gasteiger partial charge in [0, 0.05) is 56.9 Å². The maximum absolute atomic E-state index is 13.1. The molecule has 2 saturated heterocycles. The maximum Gasteiger partial charge on any atom is 0.289 e. The Bertz CT molecular complexity index is 1090. The molecule has 4 heterocycles. The van der Waals surface area contributed by atoms with Crippen molar-refractivity contribution in [1.29, 1.82) is 0 Å². The van der Waals surface area contributed by atoms with E-state index in [4.69, 9.17) is 9.40 Å². The van der Waals surface area contributed by atoms with Crippen LogP contribution < -0.4 is 4.90 Å². The van der Waals surface area contributed by atoms with Gasteiger partial charge >= 0.3 is 0 Å². The van der Waals surface area contributed by atoms with E-state index >= 15 is 0 Å². The lowest BCUT2D eigenvalue weighted by Gasteiger charge is -2.38. The summed E-state index contributed by atoms with van der Waals surface area (Å²) >= 11 is 0. The second-order valence-electron chi connectivity index (χ2n) is 8.46. The van der Waals surface area contributed by atoms with E-state index in [1.54, 1.807) is 23.2 Å². The Morgan fingerprint density at radius 2 is 1.61 bits per heavy atom. The molecule has 1 aromatic carbocycles. The van der Waals surface area contributed by atoms with E-state index in [9.17, 15) is 9.59 Å². The number of piperazine rings is 1. The highest BCUT2D eigenvalue weighted by atomic mass is 16.3. The van der Waals surface area contributed by atoms with Gasteiger partial charge in [-0.2, -0.15) is 0 Å². The molecule has 2 amide bonds. The molecule has 8 heteroatoms. The molecule has 3 aromatic rings. The van der Waals surface area contributed by atoms with Gasteiger partial charge in [-0.3, -0.25) is 9.59 Å². The molecule has 8 nitrogen and oxygen atoms in total. The van der Waals surface area contributed by atoms with Crippen molar-refractivity contribution < 1.29 is 14.0 Å². The van der Waals surface area contributed by atoms with Crippen LogP contribution in [0.3, 0.4) is 0 Å². The Hall–Kier alpha value is -3.68. The van der Waals surface area contributed by atoms with Gasteiger partial charge in [0.05, 0.1) is 6.26 Å². The monoisotopic (exact) mass is 445 g/mol. The lowest BCUT2D eigenvalue weighted by molar-refractivity contribution is -0.137. The largest absolute Gasteiger partial charge is 0.459 e. The van der Waals surface area contributed by atoms with E-state index in [1.165, 1.54) is 6.26 Å². The van der Waals surface area contributed by atoms with Gasteiger partial charge in [-0.1, -0.05) is 30.3 Å². The number of amides is 2. The van der Waals surface area contributed by atoms with Gasteiger partial charge in [-0.15, -0.1) is 0 Å². The topological polar surface area (TPSA) is 82.8 Å². The number of nitrogens with zero attached hydrogens (tertiary/aromatic N) is 5. The Labute approximate surface area is 192 Å². The lowest BCUT2D eigenvalue weighted by Crippen LogP contribution is -2.52. The first kappa shape index (κ1) is 21.2. The van der Waals surface area contributed by atoms with Gasteiger partial charge in [-0.05, 0) is 31.0 Å². The number of piperidine rings is 1. The molecule has 2 aliphatic rings. The van der Waals surface area contributed by atoms with Crippen molar-refractivity contribution in [3.8, 4) is 11.4 Å². The highest BCUT2D eigenvalue weighted by molar-refractivity contribution is 5.91. The SMILES string of the molecule is O=C(c1ccco1)N1CCC(C(=O)N2CCN(c3ccnc(-c4ccccc4)n3)CC2)CC1. The van der Waals surface area contributed by atoms with E-state index in [0.29, 0.717) is 50.6 Å². The third kappa shape index (κ3) is 4.60. The second kappa shape index (κ2) is 9.44. The number of likely N-dealkylation sites (tertiary alicyclic amines) is 1. The normalized spacial score (nSPS) is 17.3. The Morgan fingerprint density at radius 3 is 2.30 bits per heavy atom. The van der Waals surface area contributed by atoms with Crippen LogP contribution in [0.4, 0.5) is 5.82 Å². The molecule has 5 rings (SSSR count). The van der Waals surface area contributed by atoms with Gasteiger partial charge in [0.1, 0.15) is 5.82 Å². The maximum atomic E-state index is 13.1. The molecule has 0 N–H and O–H groups in total. The summed E-state index contributed by atoms with van der Waals surface area (Å²) < 4.78 is 5.22. The standard InChI is InChI=1S/C25H27N5O3/c31-24(20-9-12-29(13-10-20)25(32)21-7-4-18-33-21)30-16-14-28(15-17-30)22-8-11-26-23(27-22)19-5-2-1-3-6-19/h1-8,11,18,20H,9-10,12-17H2. The molecular weight excluding hydrogens is 418 g/mol. The third-order valence-electron chi connectivity index (χ3n) is 6.45. The van der Waals surface area contributed by atoms with Crippen LogP contribution in [0.25, 0.3) is 11.4 Å². The summed E-state index contributed by atoms with van der Waals surface area (Å²) in [4.78, 5) is 40.6. The number of rotatable bonds is 4. The highest BCUT2D eigenvalue weighted by Gasteiger charge is 2.32. The van der Waals surface area contributed by atoms with Crippen LogP contribution in [0.5, 0.6) is 0 Å². The Balaban J connectivity index is 1.14. The van der Waals surface area contributed by atoms with E-state index in [1.807, 2.05) is 41.3 Å². The number of benzene rings is 1. The molecule has 0 bridgehead atoms. The van der Waals surface area contributed by atoms with Crippen molar-refractivity contribution in [3.05, 3.63) is 66.8 Å². The summed E-state index contributed by atoms with van der Waals surface area (Å²) in [6.45, 7) is 4.00. The molecule has 0 unspecified atom stereocenters. The van der Waals surface area contributed by atoms with Crippen molar-refractivity contribution in [2.24, 2.45) is 5.92 Å². The minimum atomic E-state index is -0.0979. The molecule has 0 saturated carbocycles. The van der Waals surface area contributed by atoms with Crippen LogP contribution in [-0.4, -0.2) is 70.9 Å². The number of hydrogen-bond donors (Lipinski definition) is 0. The molecule has 0 spiro atoms. The Morgan fingerprint density at radius 1 is 0.848 bits per heavy atom. The number of anilines is 1. The summed E-state index contributed by atoms with van der Waals surface area (Å²) in [5, 5.41) is 0. The predicted octanol–water partition coefficient (Wildman–Crippen LogP) is 2.94. The van der Waals surface area contributed by atoms with Crippen LogP contribution in [0.2, 0.25) is 0 Å². The average molecular weight is 446 g/mol. The van der Waals surface area contributed by atoms with Gasteiger partial charge in [0.2, 0.25) is 5.91 Å². The average Bonchev–Trinajstić information content (AvgIpc) is 3.44. The van der Waals surface area contributed by atoms with E-state index < -0.39 is 0 Å². The van der Waals surface area contributed by atoms with Crippen molar-refractivity contribution >= 4 is 17.6 Å². The molecule has 0 aliphatic carbocycles. The second-order valence-corrected chi connectivity index (χ2v) is 8.46. The number of aromatic nitrogens is 2. The molecule has 2 aliphatic heterocycles. The highest BCUT2D eigenvalue weighted by Crippen LogP contribution is 2.24. The van der Waals surface area contributed by atoms with Crippen molar-refractivity contribution in [1.82, 2.24) is 19.8 Å². The molecule has 0 atom stereocenters. The summed E-state index contributed by atoms with van der Waals surface area (Å²) in [5.41, 5.74) is 0.991. The van der Waals surface area contributed by atoms with Crippen molar-refractivity contribution in [2.75, 3.05) is 44.2 Å². The molecule has 2 aromatic heterocycles. The molecule has 33 heavy (non-hydrogen) atoms. The zero-order chi connectivity index (χ0) is 22.6. The van der Waals surface area contributed by atoms with Gasteiger partial charge in [-0.25, -0.2) is 9.97 Å². The van der Waals surface area contributed by atoms with Crippen LogP contribution in [0.1, 0.15) is 23.4 Å². The minimum Gasteiger partial charge on any atom is -0.459 e. The summed E-state index contributed by atoms with van der Waals surface area (Å²) in [6, 6.07) is 15.3.